The van der Waals surface area contributed by atoms with Gasteiger partial charge in [0, 0.05) is 43.9 Å². The zero-order valence-corrected chi connectivity index (χ0v) is 19.8. The summed E-state index contributed by atoms with van der Waals surface area (Å²) in [6.07, 6.45) is 2.09. The smallest absolute Gasteiger partial charge is 0.161 e. The number of aryl methyl sites for hydroxylation is 3. The van der Waals surface area contributed by atoms with E-state index in [1.54, 1.807) is 0 Å². The van der Waals surface area contributed by atoms with Crippen LogP contribution in [0.15, 0.2) is 54.6 Å². The Bertz CT molecular complexity index is 1310. The quantitative estimate of drug-likeness (QED) is 0.452. The van der Waals surface area contributed by atoms with Crippen molar-refractivity contribution in [3.05, 3.63) is 77.1 Å². The molecule has 168 valence electrons. The molecule has 1 fully saturated rings. The van der Waals surface area contributed by atoms with Crippen LogP contribution in [-0.2, 0) is 6.42 Å². The lowest BCUT2D eigenvalue weighted by Crippen LogP contribution is -2.44. The molecule has 2 aliphatic rings. The van der Waals surface area contributed by atoms with Crippen molar-refractivity contribution in [2.24, 2.45) is 0 Å². The van der Waals surface area contributed by atoms with Crippen LogP contribution in [0, 0.1) is 13.8 Å². The molecule has 5 nitrogen and oxygen atoms in total. The maximum absolute atomic E-state index is 5.14. The van der Waals surface area contributed by atoms with Crippen LogP contribution < -0.4 is 4.90 Å². The lowest BCUT2D eigenvalue weighted by Gasteiger charge is -2.34. The third-order valence-electron chi connectivity index (χ3n) is 7.39. The van der Waals surface area contributed by atoms with Crippen molar-refractivity contribution >= 4 is 16.9 Å². The fourth-order valence-electron chi connectivity index (χ4n) is 5.40. The maximum Gasteiger partial charge on any atom is 0.161 e. The molecule has 2 aromatic heterocycles. The summed E-state index contributed by atoms with van der Waals surface area (Å²) >= 11 is 0. The van der Waals surface area contributed by atoms with Crippen molar-refractivity contribution in [1.29, 1.82) is 0 Å². The minimum atomic E-state index is 0.312. The van der Waals surface area contributed by atoms with Crippen molar-refractivity contribution in [1.82, 2.24) is 19.4 Å². The lowest BCUT2D eigenvalue weighted by molar-refractivity contribution is 0.313. The van der Waals surface area contributed by atoms with Gasteiger partial charge in [0.05, 0.1) is 11.7 Å². The molecule has 4 aromatic rings. The molecule has 0 amide bonds. The molecular weight excluding hydrogens is 406 g/mol. The van der Waals surface area contributed by atoms with Gasteiger partial charge in [-0.1, -0.05) is 35.9 Å². The van der Waals surface area contributed by atoms with E-state index < -0.39 is 0 Å². The summed E-state index contributed by atoms with van der Waals surface area (Å²) in [6, 6.07) is 20.2. The van der Waals surface area contributed by atoms with Gasteiger partial charge in [0.2, 0.25) is 0 Å². The number of nitrogens with zero attached hydrogens (tertiary/aromatic N) is 5. The second-order valence-electron chi connectivity index (χ2n) is 9.69. The fraction of sp³-hybridized carbons (Fsp3) is 0.357. The fourth-order valence-corrected chi connectivity index (χ4v) is 5.40. The number of hydrogen-bond acceptors (Lipinski definition) is 4. The van der Waals surface area contributed by atoms with Gasteiger partial charge in [-0.3, -0.25) is 0 Å². The first-order chi connectivity index (χ1) is 16.1. The second kappa shape index (κ2) is 7.99. The van der Waals surface area contributed by atoms with Crippen LogP contribution in [0.25, 0.3) is 22.4 Å². The topological polar surface area (TPSA) is 37.2 Å². The van der Waals surface area contributed by atoms with Gasteiger partial charge in [-0.25, -0.2) is 9.97 Å². The van der Waals surface area contributed by atoms with Crippen molar-refractivity contribution in [3.63, 3.8) is 0 Å². The Kier molecular flexibility index (Phi) is 4.95. The number of hydrogen-bond donors (Lipinski definition) is 0. The Hall–Kier alpha value is -3.18. The Morgan fingerprint density at radius 1 is 0.848 bits per heavy atom. The molecule has 0 unspecified atom stereocenters. The van der Waals surface area contributed by atoms with E-state index in [4.69, 9.17) is 9.97 Å². The third kappa shape index (κ3) is 3.61. The van der Waals surface area contributed by atoms with E-state index >= 15 is 0 Å². The van der Waals surface area contributed by atoms with Gasteiger partial charge in [-0.05, 0) is 62.7 Å². The predicted octanol–water partition coefficient (Wildman–Crippen LogP) is 5.00. The summed E-state index contributed by atoms with van der Waals surface area (Å²) in [5.41, 5.74) is 9.53. The van der Waals surface area contributed by atoms with Crippen LogP contribution in [0.5, 0.6) is 0 Å². The van der Waals surface area contributed by atoms with E-state index in [2.05, 4.69) is 89.9 Å². The molecule has 2 aliphatic heterocycles. The van der Waals surface area contributed by atoms with E-state index in [-0.39, 0.29) is 0 Å². The molecule has 0 spiro atoms. The van der Waals surface area contributed by atoms with Gasteiger partial charge in [0.25, 0.3) is 0 Å². The van der Waals surface area contributed by atoms with Crippen molar-refractivity contribution < 1.29 is 0 Å². The monoisotopic (exact) mass is 437 g/mol. The molecule has 1 atom stereocenters. The maximum atomic E-state index is 5.14. The molecule has 0 aliphatic carbocycles. The van der Waals surface area contributed by atoms with Crippen LogP contribution in [0.2, 0.25) is 0 Å². The minimum Gasteiger partial charge on any atom is -0.369 e. The Balaban J connectivity index is 1.35. The van der Waals surface area contributed by atoms with Crippen LogP contribution in [0.3, 0.4) is 0 Å². The number of rotatable bonds is 3. The van der Waals surface area contributed by atoms with Gasteiger partial charge in [-0.15, -0.1) is 0 Å². The van der Waals surface area contributed by atoms with Crippen molar-refractivity contribution in [2.75, 3.05) is 38.1 Å². The third-order valence-corrected chi connectivity index (χ3v) is 7.39. The SMILES string of the molecule is Cc1ccc(C)c([C@H]2CCc3nc4ccc(-c5ccc(N6CCN(C)CC6)cc5)nc4n32)c1. The van der Waals surface area contributed by atoms with E-state index in [0.717, 1.165) is 67.3 Å². The summed E-state index contributed by atoms with van der Waals surface area (Å²) in [4.78, 5) is 14.9. The van der Waals surface area contributed by atoms with Crippen molar-refractivity contribution in [3.8, 4) is 11.3 Å². The predicted molar refractivity (Wildman–Crippen MR) is 135 cm³/mol. The average molecular weight is 438 g/mol. The zero-order chi connectivity index (χ0) is 22.5. The first kappa shape index (κ1) is 20.4. The largest absolute Gasteiger partial charge is 0.369 e. The van der Waals surface area contributed by atoms with Gasteiger partial charge in [-0.2, -0.15) is 0 Å². The minimum absolute atomic E-state index is 0.312. The van der Waals surface area contributed by atoms with E-state index in [9.17, 15) is 0 Å². The summed E-state index contributed by atoms with van der Waals surface area (Å²) in [6.45, 7) is 8.80. The van der Waals surface area contributed by atoms with Gasteiger partial charge in [0.15, 0.2) is 5.65 Å². The van der Waals surface area contributed by atoms with E-state index in [1.165, 1.54) is 22.4 Å². The molecule has 2 aromatic carbocycles. The highest BCUT2D eigenvalue weighted by molar-refractivity contribution is 5.77. The first-order valence-corrected chi connectivity index (χ1v) is 12.1. The second-order valence-corrected chi connectivity index (χ2v) is 9.69. The summed E-state index contributed by atoms with van der Waals surface area (Å²) < 4.78 is 2.39. The number of benzene rings is 2. The van der Waals surface area contributed by atoms with Gasteiger partial charge in [0.1, 0.15) is 11.3 Å². The highest BCUT2D eigenvalue weighted by Crippen LogP contribution is 2.37. The first-order valence-electron chi connectivity index (χ1n) is 12.1. The van der Waals surface area contributed by atoms with Crippen LogP contribution >= 0.6 is 0 Å². The number of anilines is 1. The number of likely N-dealkylation sites (N-methyl/N-ethyl adjacent to an activating group) is 1. The van der Waals surface area contributed by atoms with Crippen LogP contribution in [0.1, 0.15) is 35.0 Å². The summed E-state index contributed by atoms with van der Waals surface area (Å²) in [5, 5.41) is 0. The van der Waals surface area contributed by atoms with Crippen molar-refractivity contribution in [2.45, 2.75) is 32.7 Å². The van der Waals surface area contributed by atoms with Crippen LogP contribution in [0.4, 0.5) is 5.69 Å². The Morgan fingerprint density at radius 3 is 2.42 bits per heavy atom. The molecule has 0 radical (unpaired) electrons. The van der Waals surface area contributed by atoms with E-state index in [0.29, 0.717) is 6.04 Å². The molecule has 1 saturated heterocycles. The van der Waals surface area contributed by atoms with Gasteiger partial charge >= 0.3 is 0 Å². The lowest BCUT2D eigenvalue weighted by atomic mass is 9.97. The Labute approximate surface area is 195 Å². The number of fused-ring (bicyclic) bond motifs is 3. The molecule has 6 rings (SSSR count). The Morgan fingerprint density at radius 2 is 1.64 bits per heavy atom. The highest BCUT2D eigenvalue weighted by Gasteiger charge is 2.29. The normalized spacial score (nSPS) is 18.8. The standard InChI is InChI=1S/C28H31N5/c1-19-4-5-20(2)23(18-19)26-12-13-27-29-25-11-10-24(30-28(25)33(26)27)21-6-8-22(9-7-21)32-16-14-31(3)15-17-32/h4-11,18,26H,12-17H2,1-3H3/t26-/m1/s1. The summed E-state index contributed by atoms with van der Waals surface area (Å²) in [7, 11) is 2.19. The number of aromatic nitrogens is 3. The molecule has 0 N–H and O–H groups in total. The molecular formula is C28H31N5. The summed E-state index contributed by atoms with van der Waals surface area (Å²) in [5.74, 6) is 1.16. The molecule has 0 bridgehead atoms. The zero-order valence-electron chi connectivity index (χ0n) is 19.8. The van der Waals surface area contributed by atoms with Crippen LogP contribution in [-0.4, -0.2) is 52.7 Å². The average Bonchev–Trinajstić information content (AvgIpc) is 3.40. The van der Waals surface area contributed by atoms with Gasteiger partial charge < -0.3 is 14.4 Å². The number of imidazole rings is 1. The molecule has 33 heavy (non-hydrogen) atoms. The molecule has 0 saturated carbocycles. The highest BCUT2D eigenvalue weighted by atomic mass is 15.2. The molecule has 4 heterocycles. The number of pyridine rings is 1. The number of piperazine rings is 1. The van der Waals surface area contributed by atoms with E-state index in [1.807, 2.05) is 0 Å². The molecule has 5 heteroatoms.